The molecule has 0 spiro atoms. The Morgan fingerprint density at radius 2 is 1.31 bits per heavy atom. The van der Waals surface area contributed by atoms with Gasteiger partial charge in [-0.2, -0.15) is 0 Å². The van der Waals surface area contributed by atoms with Gasteiger partial charge in [-0.1, -0.05) is 69.6 Å². The second kappa shape index (κ2) is 12.6. The zero-order valence-electron chi connectivity index (χ0n) is 31.0. The molecule has 6 aliphatic rings. The lowest BCUT2D eigenvalue weighted by Gasteiger charge is -2.59. The summed E-state index contributed by atoms with van der Waals surface area (Å²) in [4.78, 5) is 27.3. The van der Waals surface area contributed by atoms with Crippen molar-refractivity contribution in [3.05, 3.63) is 48.6 Å². The minimum atomic E-state index is -1.08. The number of fused-ring (bicyclic) bond motifs is 6. The van der Waals surface area contributed by atoms with Crippen molar-refractivity contribution in [3.8, 4) is 0 Å². The summed E-state index contributed by atoms with van der Waals surface area (Å²) >= 11 is 0. The zero-order chi connectivity index (χ0) is 34.8. The normalized spacial score (nSPS) is 45.8. The van der Waals surface area contributed by atoms with Crippen LogP contribution in [0.3, 0.4) is 0 Å². The first-order chi connectivity index (χ1) is 22.5. The molecule has 0 aromatic carbocycles. The van der Waals surface area contributed by atoms with Gasteiger partial charge in [0.25, 0.3) is 0 Å². The highest BCUT2D eigenvalue weighted by Gasteiger charge is 2.60. The molecule has 0 aromatic rings. The van der Waals surface area contributed by atoms with Gasteiger partial charge in [-0.3, -0.25) is 9.59 Å². The fraction of sp³-hybridized carbons (Fsp3) is 0.767. The number of hydrogen-bond donors (Lipinski definition) is 1. The lowest BCUT2D eigenvalue weighted by molar-refractivity contribution is -0.190. The molecule has 0 radical (unpaired) electrons. The Labute approximate surface area is 291 Å². The van der Waals surface area contributed by atoms with Crippen LogP contribution < -0.4 is 0 Å². The van der Waals surface area contributed by atoms with E-state index in [-0.39, 0.29) is 58.5 Å². The number of hydrogen-bond acceptors (Lipinski definition) is 5. The first-order valence-corrected chi connectivity index (χ1v) is 19.3. The molecule has 4 fully saturated rings. The van der Waals surface area contributed by atoms with E-state index in [0.29, 0.717) is 11.8 Å². The Hall–Kier alpha value is -2.14. The molecule has 0 aromatic heterocycles. The molecule has 0 saturated heterocycles. The van der Waals surface area contributed by atoms with Crippen molar-refractivity contribution in [1.82, 2.24) is 0 Å². The van der Waals surface area contributed by atoms with Gasteiger partial charge in [0.2, 0.25) is 0 Å². The van der Waals surface area contributed by atoms with E-state index in [1.807, 2.05) is 0 Å². The first-order valence-electron chi connectivity index (χ1n) is 19.3. The van der Waals surface area contributed by atoms with E-state index in [1.165, 1.54) is 0 Å². The fourth-order valence-corrected chi connectivity index (χ4v) is 12.6. The maximum atomic E-state index is 13.9. The van der Waals surface area contributed by atoms with Gasteiger partial charge in [-0.25, -0.2) is 0 Å². The predicted molar refractivity (Wildman–Crippen MR) is 192 cm³/mol. The summed E-state index contributed by atoms with van der Waals surface area (Å²) in [5, 5.41) is 11.0. The van der Waals surface area contributed by atoms with Crippen LogP contribution in [0, 0.1) is 50.7 Å². The Balaban J connectivity index is 1.06. The highest BCUT2D eigenvalue weighted by Crippen LogP contribution is 2.65. The fourth-order valence-electron chi connectivity index (χ4n) is 12.6. The third kappa shape index (κ3) is 6.00. The largest absolute Gasteiger partial charge is 0.462 e. The molecule has 6 aliphatic carbocycles. The van der Waals surface area contributed by atoms with Crippen LogP contribution >= 0.6 is 0 Å². The molecule has 5 heteroatoms. The number of aliphatic hydroxyl groups is 1. The van der Waals surface area contributed by atoms with Crippen molar-refractivity contribution < 1.29 is 24.2 Å². The molecule has 4 saturated carbocycles. The summed E-state index contributed by atoms with van der Waals surface area (Å²) < 4.78 is 12.2. The lowest BCUT2D eigenvalue weighted by atomic mass is 9.45. The van der Waals surface area contributed by atoms with Crippen LogP contribution in [0.4, 0.5) is 0 Å². The number of ether oxygens (including phenoxy) is 2. The monoisotopic (exact) mass is 660 g/mol. The highest BCUT2D eigenvalue weighted by atomic mass is 16.6. The van der Waals surface area contributed by atoms with Crippen LogP contribution in [0.1, 0.15) is 138 Å². The summed E-state index contributed by atoms with van der Waals surface area (Å²) in [7, 11) is 0. The molecule has 48 heavy (non-hydrogen) atoms. The second-order valence-corrected chi connectivity index (χ2v) is 18.6. The number of allylic oxidation sites excluding steroid dienone is 6. The zero-order valence-corrected chi connectivity index (χ0v) is 31.0. The van der Waals surface area contributed by atoms with E-state index >= 15 is 0 Å². The third-order valence-corrected chi connectivity index (χ3v) is 15.4. The smallest absolute Gasteiger partial charge is 0.312 e. The van der Waals surface area contributed by atoms with Crippen molar-refractivity contribution in [2.45, 2.75) is 150 Å². The summed E-state index contributed by atoms with van der Waals surface area (Å²) in [5.41, 5.74) is 2.28. The lowest BCUT2D eigenvalue weighted by Crippen LogP contribution is -2.56. The topological polar surface area (TPSA) is 72.8 Å². The molecular weight excluding hydrogens is 596 g/mol. The van der Waals surface area contributed by atoms with Gasteiger partial charge in [0, 0.05) is 16.7 Å². The van der Waals surface area contributed by atoms with E-state index in [4.69, 9.17) is 9.47 Å². The van der Waals surface area contributed by atoms with Crippen molar-refractivity contribution in [1.29, 1.82) is 0 Å². The van der Waals surface area contributed by atoms with Crippen LogP contribution in [0.5, 0.6) is 0 Å². The van der Waals surface area contributed by atoms with Gasteiger partial charge >= 0.3 is 11.9 Å². The van der Waals surface area contributed by atoms with Crippen molar-refractivity contribution in [3.63, 3.8) is 0 Å². The van der Waals surface area contributed by atoms with Crippen LogP contribution in [0.25, 0.3) is 0 Å². The van der Waals surface area contributed by atoms with Crippen LogP contribution in [0.15, 0.2) is 48.6 Å². The van der Waals surface area contributed by atoms with Crippen LogP contribution in [-0.2, 0) is 19.1 Å². The molecule has 1 N–H and O–H groups in total. The standard InChI is InChI=1S/C43H64O5/c1-9-38(3)23-17-32-29(26-38)13-15-34-40(32,5)19-11-21-42(34,7)37(46)47-28-31(44)25-36(45)48-43(8)22-12-20-41(6)33-18-24-39(4,10-2)27-30(33)14-16-35(41)43/h9-10,26-27,31-35,44H,1-2,11-25,28H2,3-8H3. The molecule has 11 unspecified atom stereocenters. The molecule has 0 aliphatic heterocycles. The molecule has 0 bridgehead atoms. The van der Waals surface area contributed by atoms with Crippen LogP contribution in [0.2, 0.25) is 0 Å². The average Bonchev–Trinajstić information content (AvgIpc) is 3.02. The third-order valence-electron chi connectivity index (χ3n) is 15.4. The molecule has 11 atom stereocenters. The van der Waals surface area contributed by atoms with E-state index < -0.39 is 17.1 Å². The average molecular weight is 661 g/mol. The van der Waals surface area contributed by atoms with Gasteiger partial charge in [0.15, 0.2) is 0 Å². The number of carbonyl (C=O) groups is 2. The van der Waals surface area contributed by atoms with Gasteiger partial charge in [-0.15, -0.1) is 13.2 Å². The van der Waals surface area contributed by atoms with Gasteiger partial charge in [-0.05, 0) is 126 Å². The first kappa shape index (κ1) is 35.7. The van der Waals surface area contributed by atoms with E-state index in [0.717, 1.165) is 89.9 Å². The predicted octanol–water partition coefficient (Wildman–Crippen LogP) is 9.85. The SMILES string of the molecule is C=CC1(C)C=C2CCC3C(C)(OC(=O)CC(O)COC(=O)C4(C)CCCC5(C)C6CCC(C)(C=C)C=C6CCC45)CCCC3(C)C2CC1. The van der Waals surface area contributed by atoms with Crippen molar-refractivity contribution in [2.75, 3.05) is 6.61 Å². The highest BCUT2D eigenvalue weighted by molar-refractivity contribution is 5.77. The minimum Gasteiger partial charge on any atom is -0.462 e. The van der Waals surface area contributed by atoms with Gasteiger partial charge < -0.3 is 14.6 Å². The molecule has 5 nitrogen and oxygen atoms in total. The van der Waals surface area contributed by atoms with E-state index in [9.17, 15) is 14.7 Å². The Morgan fingerprint density at radius 1 is 0.792 bits per heavy atom. The Bertz CT molecular complexity index is 1380. The molecule has 266 valence electrons. The summed E-state index contributed by atoms with van der Waals surface area (Å²) in [6.45, 7) is 21.7. The molecule has 0 heterocycles. The number of carbonyl (C=O) groups excluding carboxylic acids is 2. The maximum absolute atomic E-state index is 13.9. The Kier molecular flexibility index (Phi) is 9.34. The van der Waals surface area contributed by atoms with Crippen molar-refractivity contribution >= 4 is 11.9 Å². The maximum Gasteiger partial charge on any atom is 0.312 e. The van der Waals surface area contributed by atoms with Crippen LogP contribution in [-0.4, -0.2) is 35.4 Å². The van der Waals surface area contributed by atoms with E-state index in [2.05, 4.69) is 79.0 Å². The van der Waals surface area contributed by atoms with Gasteiger partial charge in [0.05, 0.1) is 17.9 Å². The minimum absolute atomic E-state index is 0.0591. The number of rotatable bonds is 8. The molecular formula is C43H64O5. The molecule has 0 amide bonds. The quantitative estimate of drug-likeness (QED) is 0.207. The molecule has 6 rings (SSSR count). The summed E-state index contributed by atoms with van der Waals surface area (Å²) in [6, 6.07) is 0. The van der Waals surface area contributed by atoms with Crippen molar-refractivity contribution in [2.24, 2.45) is 50.7 Å². The second-order valence-electron chi connectivity index (χ2n) is 18.6. The van der Waals surface area contributed by atoms with Gasteiger partial charge in [0.1, 0.15) is 12.2 Å². The number of aliphatic hydroxyl groups excluding tert-OH is 1. The Morgan fingerprint density at radius 3 is 1.88 bits per heavy atom. The van der Waals surface area contributed by atoms with E-state index in [1.54, 1.807) is 11.1 Å². The summed E-state index contributed by atoms with van der Waals surface area (Å²) in [6.07, 6.45) is 22.5. The summed E-state index contributed by atoms with van der Waals surface area (Å²) in [5.74, 6) is 0.941. The number of esters is 2.